The van der Waals surface area contributed by atoms with Crippen molar-refractivity contribution in [1.82, 2.24) is 20.1 Å². The Balaban J connectivity index is 1.77. The first-order valence-corrected chi connectivity index (χ1v) is 8.12. The van der Waals surface area contributed by atoms with Crippen molar-refractivity contribution in [3.8, 4) is 0 Å². The van der Waals surface area contributed by atoms with Crippen LogP contribution in [-0.2, 0) is 0 Å². The number of halogens is 1. The molecule has 106 valence electrons. The summed E-state index contributed by atoms with van der Waals surface area (Å²) in [6.07, 6.45) is 1.14. The van der Waals surface area contributed by atoms with Crippen molar-refractivity contribution in [2.75, 3.05) is 43.0 Å². The van der Waals surface area contributed by atoms with E-state index in [9.17, 15) is 0 Å². The molecule has 5 nitrogen and oxygen atoms in total. The number of alkyl halides is 1. The molecule has 1 aliphatic heterocycles. The summed E-state index contributed by atoms with van der Waals surface area (Å²) in [5.41, 5.74) is 1.77. The summed E-state index contributed by atoms with van der Waals surface area (Å²) >= 11 is 3.51. The second-order valence-corrected chi connectivity index (χ2v) is 5.76. The molecule has 3 rings (SSSR count). The first kappa shape index (κ1) is 13.7. The van der Waals surface area contributed by atoms with Crippen molar-refractivity contribution >= 4 is 32.9 Å². The predicted octanol–water partition coefficient (Wildman–Crippen LogP) is 1.93. The Hall–Kier alpha value is -1.27. The highest BCUT2D eigenvalue weighted by atomic mass is 79.9. The minimum atomic E-state index is 0.754. The summed E-state index contributed by atoms with van der Waals surface area (Å²) in [7, 11) is 0. The minimum Gasteiger partial charge on any atom is -0.338 e. The molecule has 0 N–H and O–H groups in total. The third-order valence-corrected chi connectivity index (χ3v) is 3.98. The van der Waals surface area contributed by atoms with Gasteiger partial charge in [-0.15, -0.1) is 10.2 Å². The van der Waals surface area contributed by atoms with Gasteiger partial charge in [0.2, 0.25) is 5.95 Å². The number of fused-ring (bicyclic) bond motifs is 1. The van der Waals surface area contributed by atoms with Crippen LogP contribution in [0.15, 0.2) is 24.3 Å². The Kier molecular flexibility index (Phi) is 4.42. The fourth-order valence-electron chi connectivity index (χ4n) is 2.52. The molecule has 0 amide bonds. The third-order valence-electron chi connectivity index (χ3n) is 3.62. The van der Waals surface area contributed by atoms with Crippen LogP contribution in [0.3, 0.4) is 0 Å². The van der Waals surface area contributed by atoms with E-state index in [0.717, 1.165) is 61.5 Å². The second kappa shape index (κ2) is 6.45. The van der Waals surface area contributed by atoms with Gasteiger partial charge in [0.15, 0.2) is 0 Å². The van der Waals surface area contributed by atoms with Gasteiger partial charge in [-0.2, -0.15) is 0 Å². The topological polar surface area (TPSA) is 45.2 Å². The zero-order valence-corrected chi connectivity index (χ0v) is 13.0. The van der Waals surface area contributed by atoms with Crippen molar-refractivity contribution in [3.05, 3.63) is 24.3 Å². The van der Waals surface area contributed by atoms with E-state index in [1.54, 1.807) is 0 Å². The molecule has 0 unspecified atom stereocenters. The van der Waals surface area contributed by atoms with E-state index in [0.29, 0.717) is 0 Å². The fourth-order valence-corrected chi connectivity index (χ4v) is 3.02. The highest BCUT2D eigenvalue weighted by Crippen LogP contribution is 2.14. The van der Waals surface area contributed by atoms with Crippen molar-refractivity contribution in [3.63, 3.8) is 0 Å². The molecule has 0 spiro atoms. The van der Waals surface area contributed by atoms with Crippen molar-refractivity contribution < 1.29 is 0 Å². The average molecular weight is 336 g/mol. The molecule has 1 aromatic heterocycles. The largest absolute Gasteiger partial charge is 0.338 e. The van der Waals surface area contributed by atoms with Gasteiger partial charge in [0.1, 0.15) is 5.52 Å². The van der Waals surface area contributed by atoms with Gasteiger partial charge in [-0.05, 0) is 25.1 Å². The minimum absolute atomic E-state index is 0.754. The molecule has 2 heterocycles. The van der Waals surface area contributed by atoms with E-state index in [1.165, 1.54) is 0 Å². The van der Waals surface area contributed by atoms with Crippen LogP contribution in [0.4, 0.5) is 5.95 Å². The Bertz CT molecular complexity index is 576. The van der Waals surface area contributed by atoms with Gasteiger partial charge in [-0.1, -0.05) is 28.1 Å². The number of nitrogens with zero attached hydrogens (tertiary/aromatic N) is 5. The zero-order valence-electron chi connectivity index (χ0n) is 11.4. The molecule has 0 radical (unpaired) electrons. The molecule has 0 bridgehead atoms. The number of anilines is 1. The summed E-state index contributed by atoms with van der Waals surface area (Å²) < 4.78 is 0. The second-order valence-electron chi connectivity index (χ2n) is 4.97. The first-order chi connectivity index (χ1) is 9.86. The predicted molar refractivity (Wildman–Crippen MR) is 84.4 cm³/mol. The van der Waals surface area contributed by atoms with E-state index in [4.69, 9.17) is 0 Å². The van der Waals surface area contributed by atoms with E-state index >= 15 is 0 Å². The molecule has 1 saturated heterocycles. The molecule has 0 saturated carbocycles. The lowest BCUT2D eigenvalue weighted by Gasteiger charge is -2.21. The normalized spacial score (nSPS) is 17.4. The monoisotopic (exact) mass is 335 g/mol. The fraction of sp³-hybridized carbons (Fsp3) is 0.500. The maximum absolute atomic E-state index is 4.64. The van der Waals surface area contributed by atoms with E-state index < -0.39 is 0 Å². The molecule has 1 fully saturated rings. The molecular formula is C14H18BrN5. The summed E-state index contributed by atoms with van der Waals surface area (Å²) in [4.78, 5) is 9.36. The molecule has 20 heavy (non-hydrogen) atoms. The average Bonchev–Trinajstić information content (AvgIpc) is 2.73. The van der Waals surface area contributed by atoms with Gasteiger partial charge >= 0.3 is 0 Å². The van der Waals surface area contributed by atoms with Crippen LogP contribution >= 0.6 is 15.9 Å². The van der Waals surface area contributed by atoms with Gasteiger partial charge in [-0.25, -0.2) is 4.98 Å². The lowest BCUT2D eigenvalue weighted by Crippen LogP contribution is -2.32. The molecule has 1 aliphatic rings. The molecule has 0 aliphatic carbocycles. The molecule has 0 atom stereocenters. The Morgan fingerprint density at radius 3 is 2.70 bits per heavy atom. The van der Waals surface area contributed by atoms with Crippen molar-refractivity contribution in [2.24, 2.45) is 0 Å². The van der Waals surface area contributed by atoms with Gasteiger partial charge in [0.05, 0.1) is 5.52 Å². The van der Waals surface area contributed by atoms with Gasteiger partial charge in [0, 0.05) is 31.5 Å². The van der Waals surface area contributed by atoms with Crippen LogP contribution in [0.2, 0.25) is 0 Å². The van der Waals surface area contributed by atoms with Gasteiger partial charge in [0.25, 0.3) is 0 Å². The number of para-hydroxylation sites is 1. The maximum Gasteiger partial charge on any atom is 0.245 e. The smallest absolute Gasteiger partial charge is 0.245 e. The van der Waals surface area contributed by atoms with E-state index in [1.807, 2.05) is 24.3 Å². The van der Waals surface area contributed by atoms with Crippen molar-refractivity contribution in [2.45, 2.75) is 6.42 Å². The number of rotatable bonds is 3. The molecule has 1 aromatic carbocycles. The quantitative estimate of drug-likeness (QED) is 0.802. The summed E-state index contributed by atoms with van der Waals surface area (Å²) in [6.45, 7) is 5.27. The molecule has 6 heteroatoms. The standard InChI is InChI=1S/C14H18BrN5/c15-6-9-19-7-3-8-20(11-10-19)14-16-12-4-1-2-5-13(12)17-18-14/h1-2,4-5H,3,6-11H2. The molecule has 2 aromatic rings. The van der Waals surface area contributed by atoms with Crippen LogP contribution < -0.4 is 4.90 Å². The summed E-state index contributed by atoms with van der Waals surface area (Å²) in [5.74, 6) is 0.754. The van der Waals surface area contributed by atoms with Crippen LogP contribution in [-0.4, -0.2) is 58.1 Å². The third kappa shape index (κ3) is 3.07. The lowest BCUT2D eigenvalue weighted by atomic mass is 10.3. The zero-order chi connectivity index (χ0) is 13.8. The van der Waals surface area contributed by atoms with Crippen LogP contribution in [0.5, 0.6) is 0 Å². The summed E-state index contributed by atoms with van der Waals surface area (Å²) in [5, 5.41) is 9.58. The van der Waals surface area contributed by atoms with Gasteiger partial charge in [-0.3, -0.25) is 0 Å². The maximum atomic E-state index is 4.64. The molecular weight excluding hydrogens is 318 g/mol. The number of hydrogen-bond donors (Lipinski definition) is 0. The van der Waals surface area contributed by atoms with E-state index in [2.05, 4.69) is 40.9 Å². The van der Waals surface area contributed by atoms with Crippen molar-refractivity contribution in [1.29, 1.82) is 0 Å². The highest BCUT2D eigenvalue weighted by molar-refractivity contribution is 9.09. The Morgan fingerprint density at radius 1 is 1.00 bits per heavy atom. The number of hydrogen-bond acceptors (Lipinski definition) is 5. The highest BCUT2D eigenvalue weighted by Gasteiger charge is 2.17. The number of benzene rings is 1. The van der Waals surface area contributed by atoms with E-state index in [-0.39, 0.29) is 0 Å². The number of aromatic nitrogens is 3. The Labute approximate surface area is 127 Å². The first-order valence-electron chi connectivity index (χ1n) is 6.99. The SMILES string of the molecule is BrCCN1CCCN(c2nnc3ccccc3n2)CC1. The summed E-state index contributed by atoms with van der Waals surface area (Å²) in [6, 6.07) is 7.88. The lowest BCUT2D eigenvalue weighted by molar-refractivity contribution is 0.313. The Morgan fingerprint density at radius 2 is 1.85 bits per heavy atom. The van der Waals surface area contributed by atoms with Gasteiger partial charge < -0.3 is 9.80 Å². The van der Waals surface area contributed by atoms with Crippen LogP contribution in [0.25, 0.3) is 11.0 Å². The van der Waals surface area contributed by atoms with Crippen LogP contribution in [0.1, 0.15) is 6.42 Å². The van der Waals surface area contributed by atoms with Crippen LogP contribution in [0, 0.1) is 0 Å².